The van der Waals surface area contributed by atoms with Crippen molar-refractivity contribution in [2.24, 2.45) is 5.92 Å². The summed E-state index contributed by atoms with van der Waals surface area (Å²) in [6.45, 7) is 5.53. The summed E-state index contributed by atoms with van der Waals surface area (Å²) in [5, 5.41) is 9.05. The van der Waals surface area contributed by atoms with Crippen molar-refractivity contribution in [3.8, 4) is 0 Å². The molecular formula is C12H22N2O3. The summed E-state index contributed by atoms with van der Waals surface area (Å²) in [6.07, 6.45) is 1.25. The summed E-state index contributed by atoms with van der Waals surface area (Å²) in [5.74, 6) is -0.296. The van der Waals surface area contributed by atoms with Crippen LogP contribution in [0, 0.1) is 5.92 Å². The quantitative estimate of drug-likeness (QED) is 0.758. The highest BCUT2D eigenvalue weighted by Crippen LogP contribution is 2.24. The molecule has 0 bridgehead atoms. The molecule has 2 unspecified atom stereocenters. The van der Waals surface area contributed by atoms with Crippen molar-refractivity contribution >= 4 is 5.97 Å². The van der Waals surface area contributed by atoms with Crippen LogP contribution in [0.2, 0.25) is 0 Å². The Labute approximate surface area is 102 Å². The van der Waals surface area contributed by atoms with Crippen molar-refractivity contribution in [3.05, 3.63) is 0 Å². The summed E-state index contributed by atoms with van der Waals surface area (Å²) >= 11 is 0. The minimum atomic E-state index is -0.694. The molecule has 1 N–H and O–H groups in total. The van der Waals surface area contributed by atoms with Gasteiger partial charge in [-0.2, -0.15) is 0 Å². The lowest BCUT2D eigenvalue weighted by Gasteiger charge is -2.39. The van der Waals surface area contributed by atoms with Gasteiger partial charge in [-0.05, 0) is 13.5 Å². The van der Waals surface area contributed by atoms with Crippen LogP contribution in [0.1, 0.15) is 12.8 Å². The Morgan fingerprint density at radius 2 is 2.12 bits per heavy atom. The Hall–Kier alpha value is -0.650. The first kappa shape index (κ1) is 12.8. The lowest BCUT2D eigenvalue weighted by atomic mass is 9.94. The summed E-state index contributed by atoms with van der Waals surface area (Å²) in [5.41, 5.74) is 0. The van der Waals surface area contributed by atoms with Gasteiger partial charge in [0.2, 0.25) is 0 Å². The molecule has 0 amide bonds. The molecule has 2 aliphatic rings. The standard InChI is InChI=1S/C12H22N2O3/c1-13-3-5-14(6-4-13)11(8-12(15)16)10-2-7-17-9-10/h10-11H,2-9H2,1H3,(H,15,16). The number of rotatable bonds is 4. The molecule has 17 heavy (non-hydrogen) atoms. The van der Waals surface area contributed by atoms with Gasteiger partial charge in [-0.25, -0.2) is 0 Å². The van der Waals surface area contributed by atoms with Crippen molar-refractivity contribution < 1.29 is 14.6 Å². The molecular weight excluding hydrogens is 220 g/mol. The zero-order valence-corrected chi connectivity index (χ0v) is 10.5. The van der Waals surface area contributed by atoms with Gasteiger partial charge in [0.25, 0.3) is 0 Å². The smallest absolute Gasteiger partial charge is 0.304 e. The second-order valence-electron chi connectivity index (χ2n) is 5.13. The van der Waals surface area contributed by atoms with Gasteiger partial charge in [-0.1, -0.05) is 0 Å². The van der Waals surface area contributed by atoms with Crippen LogP contribution in [0.4, 0.5) is 0 Å². The lowest BCUT2D eigenvalue weighted by Crippen LogP contribution is -2.52. The SMILES string of the molecule is CN1CCN(C(CC(=O)O)C2CCOC2)CC1. The molecule has 0 saturated carbocycles. The molecule has 0 spiro atoms. The van der Waals surface area contributed by atoms with Crippen LogP contribution in [0.5, 0.6) is 0 Å². The molecule has 0 aromatic carbocycles. The average molecular weight is 242 g/mol. The molecule has 2 heterocycles. The first-order valence-electron chi connectivity index (χ1n) is 6.39. The number of carbonyl (C=O) groups is 1. The summed E-state index contributed by atoms with van der Waals surface area (Å²) in [6, 6.07) is 0.156. The van der Waals surface area contributed by atoms with E-state index >= 15 is 0 Å². The number of carboxylic acids is 1. The van der Waals surface area contributed by atoms with E-state index in [1.807, 2.05) is 0 Å². The molecule has 5 heteroatoms. The molecule has 2 fully saturated rings. The predicted octanol–water partition coefficient (Wildman–Crippen LogP) is 0.114. The topological polar surface area (TPSA) is 53.0 Å². The number of piperazine rings is 1. The van der Waals surface area contributed by atoms with Crippen molar-refractivity contribution in [2.45, 2.75) is 18.9 Å². The van der Waals surface area contributed by atoms with Gasteiger partial charge in [0, 0.05) is 44.7 Å². The van der Waals surface area contributed by atoms with Crippen molar-refractivity contribution in [1.82, 2.24) is 9.80 Å². The summed E-state index contributed by atoms with van der Waals surface area (Å²) < 4.78 is 5.40. The van der Waals surface area contributed by atoms with Gasteiger partial charge >= 0.3 is 5.97 Å². The molecule has 0 aromatic rings. The van der Waals surface area contributed by atoms with E-state index in [0.717, 1.165) is 45.8 Å². The van der Waals surface area contributed by atoms with Gasteiger partial charge in [0.15, 0.2) is 0 Å². The van der Waals surface area contributed by atoms with Crippen molar-refractivity contribution in [1.29, 1.82) is 0 Å². The minimum absolute atomic E-state index is 0.156. The fraction of sp³-hybridized carbons (Fsp3) is 0.917. The third-order valence-corrected chi connectivity index (χ3v) is 3.90. The third-order valence-electron chi connectivity index (χ3n) is 3.90. The number of hydrogen-bond donors (Lipinski definition) is 1. The van der Waals surface area contributed by atoms with Crippen LogP contribution in [-0.4, -0.2) is 73.4 Å². The summed E-state index contributed by atoms with van der Waals surface area (Å²) in [4.78, 5) is 15.6. The van der Waals surface area contributed by atoms with E-state index in [0.29, 0.717) is 5.92 Å². The maximum atomic E-state index is 11.0. The summed E-state index contributed by atoms with van der Waals surface area (Å²) in [7, 11) is 2.11. The Morgan fingerprint density at radius 3 is 2.65 bits per heavy atom. The van der Waals surface area contributed by atoms with Crippen LogP contribution in [0.3, 0.4) is 0 Å². The highest BCUT2D eigenvalue weighted by molar-refractivity contribution is 5.67. The van der Waals surface area contributed by atoms with E-state index in [4.69, 9.17) is 9.84 Å². The van der Waals surface area contributed by atoms with E-state index in [1.165, 1.54) is 0 Å². The fourth-order valence-electron chi connectivity index (χ4n) is 2.78. The average Bonchev–Trinajstić information content (AvgIpc) is 2.80. The molecule has 0 aromatic heterocycles. The van der Waals surface area contributed by atoms with Gasteiger partial charge in [0.05, 0.1) is 13.0 Å². The number of nitrogens with zero attached hydrogens (tertiary/aromatic N) is 2. The first-order valence-corrected chi connectivity index (χ1v) is 6.39. The van der Waals surface area contributed by atoms with Crippen LogP contribution in [-0.2, 0) is 9.53 Å². The predicted molar refractivity (Wildman–Crippen MR) is 64.0 cm³/mol. The molecule has 0 radical (unpaired) electrons. The number of hydrogen-bond acceptors (Lipinski definition) is 4. The zero-order chi connectivity index (χ0) is 12.3. The van der Waals surface area contributed by atoms with E-state index in [9.17, 15) is 4.79 Å². The van der Waals surface area contributed by atoms with E-state index in [-0.39, 0.29) is 12.5 Å². The second-order valence-corrected chi connectivity index (χ2v) is 5.13. The molecule has 2 saturated heterocycles. The monoisotopic (exact) mass is 242 g/mol. The number of aliphatic carboxylic acids is 1. The van der Waals surface area contributed by atoms with Gasteiger partial charge in [-0.15, -0.1) is 0 Å². The van der Waals surface area contributed by atoms with Gasteiger partial charge < -0.3 is 14.7 Å². The fourth-order valence-corrected chi connectivity index (χ4v) is 2.78. The molecule has 2 atom stereocenters. The lowest BCUT2D eigenvalue weighted by molar-refractivity contribution is -0.139. The van der Waals surface area contributed by atoms with Gasteiger partial charge in [-0.3, -0.25) is 9.69 Å². The normalized spacial score (nSPS) is 29.4. The molecule has 98 valence electrons. The molecule has 5 nitrogen and oxygen atoms in total. The Balaban J connectivity index is 1.96. The minimum Gasteiger partial charge on any atom is -0.481 e. The highest BCUT2D eigenvalue weighted by Gasteiger charge is 2.33. The Morgan fingerprint density at radius 1 is 1.41 bits per heavy atom. The van der Waals surface area contributed by atoms with Crippen LogP contribution in [0.15, 0.2) is 0 Å². The third kappa shape index (κ3) is 3.40. The van der Waals surface area contributed by atoms with Crippen LogP contribution in [0.25, 0.3) is 0 Å². The van der Waals surface area contributed by atoms with Crippen LogP contribution < -0.4 is 0 Å². The van der Waals surface area contributed by atoms with Crippen LogP contribution >= 0.6 is 0 Å². The van der Waals surface area contributed by atoms with E-state index in [1.54, 1.807) is 0 Å². The number of ether oxygens (including phenoxy) is 1. The number of likely N-dealkylation sites (N-methyl/N-ethyl adjacent to an activating group) is 1. The largest absolute Gasteiger partial charge is 0.481 e. The second kappa shape index (κ2) is 5.80. The van der Waals surface area contributed by atoms with Crippen molar-refractivity contribution in [3.63, 3.8) is 0 Å². The molecule has 2 aliphatic heterocycles. The maximum Gasteiger partial charge on any atom is 0.304 e. The van der Waals surface area contributed by atoms with Gasteiger partial charge in [0.1, 0.15) is 0 Å². The zero-order valence-electron chi connectivity index (χ0n) is 10.5. The molecule has 0 aliphatic carbocycles. The van der Waals surface area contributed by atoms with E-state index < -0.39 is 5.97 Å². The Bertz CT molecular complexity index is 258. The van der Waals surface area contributed by atoms with Crippen molar-refractivity contribution in [2.75, 3.05) is 46.4 Å². The first-order chi connectivity index (χ1) is 8.16. The number of carboxylic acid groups (broad SMARTS) is 1. The molecule has 2 rings (SSSR count). The maximum absolute atomic E-state index is 11.0. The highest BCUT2D eigenvalue weighted by atomic mass is 16.5. The van der Waals surface area contributed by atoms with E-state index in [2.05, 4.69) is 16.8 Å². The Kier molecular flexibility index (Phi) is 4.36.